The first-order valence-corrected chi connectivity index (χ1v) is 8.74. The van der Waals surface area contributed by atoms with Crippen molar-refractivity contribution >= 4 is 57.6 Å². The van der Waals surface area contributed by atoms with Gasteiger partial charge in [0.25, 0.3) is 5.56 Å². The van der Waals surface area contributed by atoms with E-state index in [2.05, 4.69) is 15.1 Å². The van der Waals surface area contributed by atoms with E-state index in [1.807, 2.05) is 0 Å². The number of rotatable bonds is 2. The van der Waals surface area contributed by atoms with Gasteiger partial charge in [-0.1, -0.05) is 34.8 Å². The SMILES string of the molecule is CN=Cc1c(-c2ccc(Cl)cc2Cl)[nH]n2c(=O)c3ccc(Cl)cc3nc12. The van der Waals surface area contributed by atoms with Crippen molar-refractivity contribution < 1.29 is 0 Å². The molecule has 130 valence electrons. The van der Waals surface area contributed by atoms with Crippen LogP contribution in [0.1, 0.15) is 5.56 Å². The van der Waals surface area contributed by atoms with E-state index in [0.29, 0.717) is 48.4 Å². The fraction of sp³-hybridized carbons (Fsp3) is 0.0556. The molecule has 0 unspecified atom stereocenters. The lowest BCUT2D eigenvalue weighted by Gasteiger charge is -2.03. The van der Waals surface area contributed by atoms with Crippen LogP contribution in [0.5, 0.6) is 0 Å². The second kappa shape index (κ2) is 6.43. The molecule has 0 radical (unpaired) electrons. The lowest BCUT2D eigenvalue weighted by Crippen LogP contribution is -2.15. The van der Waals surface area contributed by atoms with Crippen LogP contribution in [-0.2, 0) is 0 Å². The third-order valence-corrected chi connectivity index (χ3v) is 4.81. The van der Waals surface area contributed by atoms with Crippen LogP contribution in [0.3, 0.4) is 0 Å². The van der Waals surface area contributed by atoms with Gasteiger partial charge in [-0.05, 0) is 36.4 Å². The Labute approximate surface area is 162 Å². The maximum atomic E-state index is 12.9. The van der Waals surface area contributed by atoms with Crippen LogP contribution >= 0.6 is 34.8 Å². The molecule has 26 heavy (non-hydrogen) atoms. The van der Waals surface area contributed by atoms with Crippen molar-refractivity contribution in [2.45, 2.75) is 0 Å². The maximum absolute atomic E-state index is 12.9. The number of halogens is 3. The molecule has 2 aromatic carbocycles. The Morgan fingerprint density at radius 1 is 1.12 bits per heavy atom. The van der Waals surface area contributed by atoms with Gasteiger partial charge in [-0.3, -0.25) is 14.9 Å². The summed E-state index contributed by atoms with van der Waals surface area (Å²) in [6.07, 6.45) is 1.63. The van der Waals surface area contributed by atoms with Crippen LogP contribution in [0.4, 0.5) is 0 Å². The summed E-state index contributed by atoms with van der Waals surface area (Å²) < 4.78 is 1.38. The standard InChI is InChI=1S/C18H11Cl3N4O/c1-22-8-13-16(11-4-2-9(19)6-14(11)21)24-25-17(13)23-15-7-10(20)3-5-12(15)18(25)26/h2-8,24H,1H3. The van der Waals surface area contributed by atoms with Gasteiger partial charge in [0.2, 0.25) is 0 Å². The topological polar surface area (TPSA) is 62.5 Å². The van der Waals surface area contributed by atoms with Crippen LogP contribution in [0.25, 0.3) is 27.8 Å². The van der Waals surface area contributed by atoms with Crippen LogP contribution in [0.15, 0.2) is 46.2 Å². The highest BCUT2D eigenvalue weighted by Crippen LogP contribution is 2.32. The fourth-order valence-corrected chi connectivity index (χ4v) is 3.55. The van der Waals surface area contributed by atoms with E-state index in [0.717, 1.165) is 0 Å². The van der Waals surface area contributed by atoms with Gasteiger partial charge in [0.15, 0.2) is 5.65 Å². The molecule has 2 heterocycles. The van der Waals surface area contributed by atoms with E-state index in [1.165, 1.54) is 4.52 Å². The van der Waals surface area contributed by atoms with E-state index in [1.54, 1.807) is 49.7 Å². The summed E-state index contributed by atoms with van der Waals surface area (Å²) in [4.78, 5) is 21.6. The molecule has 0 aliphatic heterocycles. The number of aromatic nitrogens is 3. The highest BCUT2D eigenvalue weighted by Gasteiger charge is 2.18. The number of fused-ring (bicyclic) bond motifs is 2. The quantitative estimate of drug-likeness (QED) is 0.484. The predicted molar refractivity (Wildman–Crippen MR) is 107 cm³/mol. The summed E-state index contributed by atoms with van der Waals surface area (Å²) in [5.41, 5.74) is 2.69. The van der Waals surface area contributed by atoms with Gasteiger partial charge < -0.3 is 0 Å². The summed E-state index contributed by atoms with van der Waals surface area (Å²) in [7, 11) is 1.65. The first-order chi connectivity index (χ1) is 12.5. The molecule has 1 N–H and O–H groups in total. The van der Waals surface area contributed by atoms with E-state index < -0.39 is 0 Å². The molecule has 0 spiro atoms. The Bertz CT molecular complexity index is 1260. The lowest BCUT2D eigenvalue weighted by molar-refractivity contribution is 0.919. The molecule has 0 amide bonds. The third-order valence-electron chi connectivity index (χ3n) is 4.02. The molecule has 0 atom stereocenters. The second-order valence-corrected chi connectivity index (χ2v) is 6.93. The first-order valence-electron chi connectivity index (χ1n) is 7.61. The number of nitrogens with one attached hydrogen (secondary N) is 1. The Balaban J connectivity index is 2.14. The van der Waals surface area contributed by atoms with Gasteiger partial charge in [0.1, 0.15) is 0 Å². The Morgan fingerprint density at radius 2 is 1.85 bits per heavy atom. The number of nitrogens with zero attached hydrogens (tertiary/aromatic N) is 3. The van der Waals surface area contributed by atoms with Gasteiger partial charge >= 0.3 is 0 Å². The van der Waals surface area contributed by atoms with Crippen LogP contribution < -0.4 is 5.56 Å². The number of hydrogen-bond acceptors (Lipinski definition) is 3. The van der Waals surface area contributed by atoms with Gasteiger partial charge in [0.05, 0.1) is 27.2 Å². The average molecular weight is 406 g/mol. The fourth-order valence-electron chi connectivity index (χ4n) is 2.88. The summed E-state index contributed by atoms with van der Waals surface area (Å²) in [5.74, 6) is 0. The molecule has 4 aromatic rings. The first kappa shape index (κ1) is 17.1. The molecular weight excluding hydrogens is 395 g/mol. The van der Waals surface area contributed by atoms with Gasteiger partial charge in [-0.25, -0.2) is 4.98 Å². The zero-order chi connectivity index (χ0) is 18.4. The smallest absolute Gasteiger partial charge is 0.280 e. The Hall–Kier alpha value is -2.34. The number of aliphatic imine (C=N–C) groups is 1. The average Bonchev–Trinajstić information content (AvgIpc) is 2.94. The van der Waals surface area contributed by atoms with E-state index in [4.69, 9.17) is 34.8 Å². The van der Waals surface area contributed by atoms with E-state index in [9.17, 15) is 4.79 Å². The van der Waals surface area contributed by atoms with Crippen molar-refractivity contribution in [2.75, 3.05) is 7.05 Å². The molecule has 0 saturated heterocycles. The zero-order valence-corrected chi connectivity index (χ0v) is 15.7. The Kier molecular flexibility index (Phi) is 4.23. The van der Waals surface area contributed by atoms with Crippen molar-refractivity contribution in [3.05, 3.63) is 67.4 Å². The second-order valence-electron chi connectivity index (χ2n) is 5.65. The molecule has 0 saturated carbocycles. The van der Waals surface area contributed by atoms with Gasteiger partial charge in [-0.15, -0.1) is 0 Å². The van der Waals surface area contributed by atoms with Gasteiger partial charge in [-0.2, -0.15) is 4.52 Å². The van der Waals surface area contributed by atoms with Crippen molar-refractivity contribution in [1.82, 2.24) is 14.6 Å². The lowest BCUT2D eigenvalue weighted by atomic mass is 10.1. The highest BCUT2D eigenvalue weighted by atomic mass is 35.5. The maximum Gasteiger partial charge on any atom is 0.280 e. The number of hydrogen-bond donors (Lipinski definition) is 1. The normalized spacial score (nSPS) is 11.8. The minimum absolute atomic E-state index is 0.233. The minimum Gasteiger partial charge on any atom is -0.296 e. The molecule has 2 aromatic heterocycles. The summed E-state index contributed by atoms with van der Waals surface area (Å²) in [6.45, 7) is 0. The zero-order valence-electron chi connectivity index (χ0n) is 13.4. The molecule has 4 rings (SSSR count). The number of benzene rings is 2. The predicted octanol–water partition coefficient (Wildman–Crippen LogP) is 4.85. The third kappa shape index (κ3) is 2.69. The molecule has 0 fully saturated rings. The van der Waals surface area contributed by atoms with Crippen LogP contribution in [0.2, 0.25) is 15.1 Å². The van der Waals surface area contributed by atoms with Crippen molar-refractivity contribution in [1.29, 1.82) is 0 Å². The van der Waals surface area contributed by atoms with Crippen molar-refractivity contribution in [2.24, 2.45) is 4.99 Å². The monoisotopic (exact) mass is 404 g/mol. The van der Waals surface area contributed by atoms with Gasteiger partial charge in [0, 0.05) is 28.9 Å². The minimum atomic E-state index is -0.233. The molecule has 0 bridgehead atoms. The Morgan fingerprint density at radius 3 is 2.58 bits per heavy atom. The van der Waals surface area contributed by atoms with Crippen LogP contribution in [-0.4, -0.2) is 27.9 Å². The van der Waals surface area contributed by atoms with Crippen molar-refractivity contribution in [3.8, 4) is 11.3 Å². The number of H-pyrrole nitrogens is 1. The summed E-state index contributed by atoms with van der Waals surface area (Å²) in [5, 5.41) is 5.04. The number of aromatic amines is 1. The molecule has 0 aliphatic rings. The molecular formula is C18H11Cl3N4O. The summed E-state index contributed by atoms with van der Waals surface area (Å²) in [6, 6.07) is 10.1. The van der Waals surface area contributed by atoms with E-state index >= 15 is 0 Å². The molecule has 5 nitrogen and oxygen atoms in total. The summed E-state index contributed by atoms with van der Waals surface area (Å²) >= 11 is 18.4. The van der Waals surface area contributed by atoms with E-state index in [-0.39, 0.29) is 5.56 Å². The van der Waals surface area contributed by atoms with Crippen LogP contribution in [0, 0.1) is 0 Å². The molecule has 8 heteroatoms. The highest BCUT2D eigenvalue weighted by molar-refractivity contribution is 6.36. The van der Waals surface area contributed by atoms with Crippen molar-refractivity contribution in [3.63, 3.8) is 0 Å². The largest absolute Gasteiger partial charge is 0.296 e. The molecule has 0 aliphatic carbocycles.